The van der Waals surface area contributed by atoms with Gasteiger partial charge in [0.1, 0.15) is 0 Å². The van der Waals surface area contributed by atoms with E-state index in [0.29, 0.717) is 28.9 Å². The van der Waals surface area contributed by atoms with Gasteiger partial charge in [0.15, 0.2) is 11.5 Å². The Morgan fingerprint density at radius 1 is 1.24 bits per heavy atom. The van der Waals surface area contributed by atoms with Crippen molar-refractivity contribution in [1.82, 2.24) is 15.1 Å². The third-order valence-electron chi connectivity index (χ3n) is 6.88. The maximum Gasteiger partial charge on any atom is 0.251 e. The highest BCUT2D eigenvalue weighted by atomic mass is 16.7. The number of carbonyl (C=O) groups excluding carboxylic acids is 2. The molecule has 2 amide bonds. The topological polar surface area (TPSA) is 71.1 Å². The second-order valence-electron chi connectivity index (χ2n) is 8.50. The molecule has 0 bridgehead atoms. The molecular weight excluding hydrogens is 370 g/mol. The average molecular weight is 402 g/mol. The van der Waals surface area contributed by atoms with Gasteiger partial charge in [-0.15, -0.1) is 0 Å². The van der Waals surface area contributed by atoms with Crippen molar-refractivity contribution in [2.24, 2.45) is 11.8 Å². The molecule has 4 atom stereocenters. The van der Waals surface area contributed by atoms with Crippen LogP contribution in [0, 0.1) is 11.8 Å². The molecule has 3 aliphatic rings. The SMILES string of the molecule is CCN(C)C(C)C(=O)N1CC2CCCC(NC(=O)c3ccc4c(c3)OCO4)C2C1. The molecule has 1 aromatic carbocycles. The first-order chi connectivity index (χ1) is 14.0. The fourth-order valence-corrected chi connectivity index (χ4v) is 4.85. The maximum absolute atomic E-state index is 12.9. The van der Waals surface area contributed by atoms with Crippen molar-refractivity contribution >= 4 is 11.8 Å². The number of hydrogen-bond donors (Lipinski definition) is 1. The second-order valence-corrected chi connectivity index (χ2v) is 8.50. The smallest absolute Gasteiger partial charge is 0.251 e. The molecule has 1 saturated heterocycles. The van der Waals surface area contributed by atoms with Gasteiger partial charge in [-0.25, -0.2) is 0 Å². The monoisotopic (exact) mass is 401 g/mol. The molecule has 29 heavy (non-hydrogen) atoms. The standard InChI is InChI=1S/C22H31N3O4/c1-4-24(3)14(2)22(27)25-11-16-6-5-7-18(17(16)12-25)23-21(26)15-8-9-19-20(10-15)29-13-28-19/h8-10,14,16-18H,4-7,11-13H2,1-3H3,(H,23,26). The normalized spacial score (nSPS) is 26.3. The summed E-state index contributed by atoms with van der Waals surface area (Å²) in [5.74, 6) is 2.20. The molecule has 1 saturated carbocycles. The zero-order valence-electron chi connectivity index (χ0n) is 17.5. The number of nitrogens with zero attached hydrogens (tertiary/aromatic N) is 2. The van der Waals surface area contributed by atoms with E-state index in [2.05, 4.69) is 17.1 Å². The van der Waals surface area contributed by atoms with E-state index in [1.807, 2.05) is 18.9 Å². The quantitative estimate of drug-likeness (QED) is 0.818. The first-order valence-electron chi connectivity index (χ1n) is 10.7. The highest BCUT2D eigenvalue weighted by Crippen LogP contribution is 2.37. The van der Waals surface area contributed by atoms with Crippen LogP contribution in [0.15, 0.2) is 18.2 Å². The summed E-state index contributed by atoms with van der Waals surface area (Å²) in [5, 5.41) is 3.24. The number of likely N-dealkylation sites (N-methyl/N-ethyl adjacent to an activating group) is 1. The molecule has 7 nitrogen and oxygen atoms in total. The lowest BCUT2D eigenvalue weighted by Gasteiger charge is -2.33. The molecule has 1 aliphatic carbocycles. The van der Waals surface area contributed by atoms with Crippen LogP contribution in [0.3, 0.4) is 0 Å². The first kappa shape index (κ1) is 20.0. The van der Waals surface area contributed by atoms with Gasteiger partial charge in [-0.2, -0.15) is 0 Å². The van der Waals surface area contributed by atoms with E-state index in [0.717, 1.165) is 38.9 Å². The molecule has 2 aliphatic heterocycles. The molecule has 0 aromatic heterocycles. The molecule has 158 valence electrons. The minimum absolute atomic E-state index is 0.0854. The number of rotatable bonds is 5. The summed E-state index contributed by atoms with van der Waals surface area (Å²) < 4.78 is 10.7. The lowest BCUT2D eigenvalue weighted by atomic mass is 9.78. The zero-order chi connectivity index (χ0) is 20.5. The molecule has 4 rings (SSSR count). The number of fused-ring (bicyclic) bond motifs is 2. The van der Waals surface area contributed by atoms with Gasteiger partial charge in [-0.3, -0.25) is 14.5 Å². The summed E-state index contributed by atoms with van der Waals surface area (Å²) >= 11 is 0. The Labute approximate surface area is 172 Å². The molecule has 2 fully saturated rings. The van der Waals surface area contributed by atoms with Gasteiger partial charge >= 0.3 is 0 Å². The van der Waals surface area contributed by atoms with Gasteiger partial charge in [0, 0.05) is 30.6 Å². The lowest BCUT2D eigenvalue weighted by Crippen LogP contribution is -2.47. The van der Waals surface area contributed by atoms with Crippen LogP contribution in [0.2, 0.25) is 0 Å². The number of benzene rings is 1. The van der Waals surface area contributed by atoms with Crippen LogP contribution >= 0.6 is 0 Å². The van der Waals surface area contributed by atoms with Crippen molar-refractivity contribution in [1.29, 1.82) is 0 Å². The third-order valence-corrected chi connectivity index (χ3v) is 6.88. The summed E-state index contributed by atoms with van der Waals surface area (Å²) in [5.41, 5.74) is 0.584. The van der Waals surface area contributed by atoms with Crippen LogP contribution in [-0.2, 0) is 4.79 Å². The molecule has 7 heteroatoms. The van der Waals surface area contributed by atoms with Crippen molar-refractivity contribution in [3.8, 4) is 11.5 Å². The van der Waals surface area contributed by atoms with Gasteiger partial charge in [0.25, 0.3) is 5.91 Å². The van der Waals surface area contributed by atoms with E-state index in [-0.39, 0.29) is 30.7 Å². The fourth-order valence-electron chi connectivity index (χ4n) is 4.85. The van der Waals surface area contributed by atoms with Gasteiger partial charge in [-0.05, 0) is 57.5 Å². The van der Waals surface area contributed by atoms with Crippen molar-refractivity contribution in [3.05, 3.63) is 23.8 Å². The minimum atomic E-state index is -0.109. The van der Waals surface area contributed by atoms with Crippen LogP contribution < -0.4 is 14.8 Å². The number of ether oxygens (including phenoxy) is 2. The van der Waals surface area contributed by atoms with Crippen LogP contribution in [0.4, 0.5) is 0 Å². The zero-order valence-corrected chi connectivity index (χ0v) is 17.5. The number of hydrogen-bond acceptors (Lipinski definition) is 5. The Balaban J connectivity index is 1.41. The largest absolute Gasteiger partial charge is 0.454 e. The highest BCUT2D eigenvalue weighted by molar-refractivity contribution is 5.95. The highest BCUT2D eigenvalue weighted by Gasteiger charge is 2.43. The molecule has 0 spiro atoms. The van der Waals surface area contributed by atoms with E-state index >= 15 is 0 Å². The van der Waals surface area contributed by atoms with Gasteiger partial charge in [0.05, 0.1) is 6.04 Å². The number of amides is 2. The predicted molar refractivity (Wildman–Crippen MR) is 109 cm³/mol. The minimum Gasteiger partial charge on any atom is -0.454 e. The van der Waals surface area contributed by atoms with Crippen LogP contribution in [-0.4, -0.2) is 67.2 Å². The van der Waals surface area contributed by atoms with Crippen molar-refractivity contribution in [3.63, 3.8) is 0 Å². The Kier molecular flexibility index (Phi) is 5.67. The maximum atomic E-state index is 12.9. The first-order valence-corrected chi connectivity index (χ1v) is 10.7. The summed E-state index contributed by atoms with van der Waals surface area (Å²) in [7, 11) is 1.99. The van der Waals surface area contributed by atoms with E-state index < -0.39 is 0 Å². The summed E-state index contributed by atoms with van der Waals surface area (Å²) in [6.45, 7) is 6.63. The van der Waals surface area contributed by atoms with E-state index in [9.17, 15) is 9.59 Å². The van der Waals surface area contributed by atoms with Gasteiger partial charge < -0.3 is 19.7 Å². The second kappa shape index (κ2) is 8.22. The number of carbonyl (C=O) groups is 2. The van der Waals surface area contributed by atoms with E-state index in [4.69, 9.17) is 9.47 Å². The van der Waals surface area contributed by atoms with Crippen molar-refractivity contribution in [2.45, 2.75) is 45.2 Å². The summed E-state index contributed by atoms with van der Waals surface area (Å²) in [6.07, 6.45) is 3.17. The molecular formula is C22H31N3O4. The van der Waals surface area contributed by atoms with E-state index in [1.54, 1.807) is 18.2 Å². The van der Waals surface area contributed by atoms with Gasteiger partial charge in [-0.1, -0.05) is 13.3 Å². The Hall–Kier alpha value is -2.28. The fraction of sp³-hybridized carbons (Fsp3) is 0.636. The molecule has 1 N–H and O–H groups in total. The Morgan fingerprint density at radius 2 is 2.03 bits per heavy atom. The van der Waals surface area contributed by atoms with Gasteiger partial charge in [0.2, 0.25) is 12.7 Å². The third kappa shape index (κ3) is 3.92. The summed E-state index contributed by atoms with van der Waals surface area (Å²) in [6, 6.07) is 5.29. The van der Waals surface area contributed by atoms with Crippen LogP contribution in [0.25, 0.3) is 0 Å². The number of likely N-dealkylation sites (tertiary alicyclic amines) is 1. The van der Waals surface area contributed by atoms with E-state index in [1.165, 1.54) is 0 Å². The lowest BCUT2D eigenvalue weighted by molar-refractivity contribution is -0.135. The molecule has 4 unspecified atom stereocenters. The van der Waals surface area contributed by atoms with Crippen LogP contribution in [0.5, 0.6) is 11.5 Å². The van der Waals surface area contributed by atoms with Crippen LogP contribution in [0.1, 0.15) is 43.5 Å². The molecule has 2 heterocycles. The number of nitrogens with one attached hydrogen (secondary N) is 1. The Bertz CT molecular complexity index is 783. The van der Waals surface area contributed by atoms with Crippen molar-refractivity contribution in [2.75, 3.05) is 33.5 Å². The Morgan fingerprint density at radius 3 is 2.83 bits per heavy atom. The predicted octanol–water partition coefficient (Wildman–Crippen LogP) is 2.11. The average Bonchev–Trinajstić information content (AvgIpc) is 3.38. The van der Waals surface area contributed by atoms with Crippen molar-refractivity contribution < 1.29 is 19.1 Å². The molecule has 0 radical (unpaired) electrons. The summed E-state index contributed by atoms with van der Waals surface area (Å²) in [4.78, 5) is 29.9. The molecule has 1 aromatic rings.